The fraction of sp³-hybridized carbons (Fsp3) is 0.800. The molecule has 0 rings (SSSR count). The summed E-state index contributed by atoms with van der Waals surface area (Å²) in [6.07, 6.45) is 0. The van der Waals surface area contributed by atoms with Gasteiger partial charge < -0.3 is 25.2 Å². The third-order valence-electron chi connectivity index (χ3n) is 2.06. The molecular formula is C10H22N4O3. The molecule has 0 heterocycles. The lowest BCUT2D eigenvalue weighted by molar-refractivity contribution is 0.184. The first-order chi connectivity index (χ1) is 7.99. The number of nitrogens with zero attached hydrogens (tertiary/aromatic N) is 2. The maximum absolute atomic E-state index is 11.5. The summed E-state index contributed by atoms with van der Waals surface area (Å²) in [4.78, 5) is 25.6. The van der Waals surface area contributed by atoms with Gasteiger partial charge in [-0.05, 0) is 0 Å². The van der Waals surface area contributed by atoms with E-state index in [2.05, 4.69) is 10.6 Å². The topological polar surface area (TPSA) is 73.9 Å². The van der Waals surface area contributed by atoms with Crippen molar-refractivity contribution < 1.29 is 14.3 Å². The van der Waals surface area contributed by atoms with Crippen LogP contribution in [0.4, 0.5) is 9.59 Å². The molecule has 2 N–H and O–H groups in total. The first-order valence-corrected chi connectivity index (χ1v) is 5.42. The van der Waals surface area contributed by atoms with Crippen molar-refractivity contribution >= 4 is 12.1 Å². The van der Waals surface area contributed by atoms with Gasteiger partial charge in [0.2, 0.25) is 0 Å². The summed E-state index contributed by atoms with van der Waals surface area (Å²) >= 11 is 0. The van der Waals surface area contributed by atoms with Gasteiger partial charge >= 0.3 is 12.1 Å². The van der Waals surface area contributed by atoms with Gasteiger partial charge in [0.15, 0.2) is 0 Å². The van der Waals surface area contributed by atoms with Crippen LogP contribution in [0.2, 0.25) is 0 Å². The van der Waals surface area contributed by atoms with E-state index in [-0.39, 0.29) is 12.1 Å². The van der Waals surface area contributed by atoms with Crippen molar-refractivity contribution in [3.63, 3.8) is 0 Å². The van der Waals surface area contributed by atoms with Crippen LogP contribution in [0, 0.1) is 0 Å². The van der Waals surface area contributed by atoms with Gasteiger partial charge in [0.25, 0.3) is 0 Å². The van der Waals surface area contributed by atoms with Crippen molar-refractivity contribution in [2.24, 2.45) is 0 Å². The number of amides is 4. The Hall–Kier alpha value is -1.50. The SMILES string of the molecule is COCCNC(=O)N(C)CCNC(=O)N(C)C. The number of hydrogen-bond acceptors (Lipinski definition) is 3. The van der Waals surface area contributed by atoms with E-state index in [1.165, 1.54) is 9.80 Å². The Labute approximate surface area is 102 Å². The van der Waals surface area contributed by atoms with Crippen molar-refractivity contribution in [2.75, 3.05) is 54.5 Å². The summed E-state index contributed by atoms with van der Waals surface area (Å²) in [5.41, 5.74) is 0. The Morgan fingerprint density at radius 3 is 2.18 bits per heavy atom. The van der Waals surface area contributed by atoms with Gasteiger partial charge in [-0.2, -0.15) is 0 Å². The molecule has 0 fully saturated rings. The molecule has 0 saturated carbocycles. The zero-order valence-electron chi connectivity index (χ0n) is 10.9. The largest absolute Gasteiger partial charge is 0.383 e. The normalized spacial score (nSPS) is 9.65. The Morgan fingerprint density at radius 2 is 1.65 bits per heavy atom. The monoisotopic (exact) mass is 246 g/mol. The highest BCUT2D eigenvalue weighted by Gasteiger charge is 2.08. The number of methoxy groups -OCH3 is 1. The Balaban J connectivity index is 3.67. The predicted molar refractivity (Wildman–Crippen MR) is 65.0 cm³/mol. The maximum Gasteiger partial charge on any atom is 0.317 e. The summed E-state index contributed by atoms with van der Waals surface area (Å²) in [7, 11) is 6.57. The fourth-order valence-electron chi connectivity index (χ4n) is 0.985. The lowest BCUT2D eigenvalue weighted by atomic mass is 10.5. The first-order valence-electron chi connectivity index (χ1n) is 5.42. The Kier molecular flexibility index (Phi) is 7.87. The quantitative estimate of drug-likeness (QED) is 0.623. The molecule has 0 aliphatic rings. The highest BCUT2D eigenvalue weighted by atomic mass is 16.5. The number of ether oxygens (including phenoxy) is 1. The number of carbonyl (C=O) groups excluding carboxylic acids is 2. The molecule has 0 bridgehead atoms. The number of carbonyl (C=O) groups is 2. The van der Waals surface area contributed by atoms with E-state index in [9.17, 15) is 9.59 Å². The molecular weight excluding hydrogens is 224 g/mol. The van der Waals surface area contributed by atoms with Gasteiger partial charge in [-0.1, -0.05) is 0 Å². The van der Waals surface area contributed by atoms with E-state index in [0.717, 1.165) is 0 Å². The lowest BCUT2D eigenvalue weighted by Gasteiger charge is -2.19. The third kappa shape index (κ3) is 7.40. The van der Waals surface area contributed by atoms with E-state index in [1.54, 1.807) is 28.3 Å². The molecule has 0 unspecified atom stereocenters. The van der Waals surface area contributed by atoms with E-state index >= 15 is 0 Å². The van der Waals surface area contributed by atoms with Gasteiger partial charge in [-0.3, -0.25) is 0 Å². The van der Waals surface area contributed by atoms with E-state index in [4.69, 9.17) is 4.74 Å². The fourth-order valence-corrected chi connectivity index (χ4v) is 0.985. The van der Waals surface area contributed by atoms with Crippen molar-refractivity contribution in [2.45, 2.75) is 0 Å². The molecule has 0 radical (unpaired) electrons. The minimum absolute atomic E-state index is 0.168. The van der Waals surface area contributed by atoms with Gasteiger partial charge in [0, 0.05) is 47.9 Å². The van der Waals surface area contributed by atoms with Crippen LogP contribution in [0.1, 0.15) is 0 Å². The van der Waals surface area contributed by atoms with Crippen molar-refractivity contribution in [1.82, 2.24) is 20.4 Å². The van der Waals surface area contributed by atoms with Crippen LogP contribution in [0.25, 0.3) is 0 Å². The molecule has 100 valence electrons. The van der Waals surface area contributed by atoms with Crippen LogP contribution in [-0.4, -0.2) is 76.4 Å². The minimum Gasteiger partial charge on any atom is -0.383 e. The highest BCUT2D eigenvalue weighted by molar-refractivity contribution is 5.74. The molecule has 7 heteroatoms. The average Bonchev–Trinajstić information content (AvgIpc) is 2.28. The summed E-state index contributed by atoms with van der Waals surface area (Å²) in [6, 6.07) is -0.348. The summed E-state index contributed by atoms with van der Waals surface area (Å²) in [5.74, 6) is 0. The molecule has 0 aromatic heterocycles. The predicted octanol–water partition coefficient (Wildman–Crippen LogP) is -0.455. The van der Waals surface area contributed by atoms with E-state index < -0.39 is 0 Å². The molecule has 17 heavy (non-hydrogen) atoms. The first kappa shape index (κ1) is 15.5. The summed E-state index contributed by atoms with van der Waals surface area (Å²) in [6.45, 7) is 1.84. The summed E-state index contributed by atoms with van der Waals surface area (Å²) in [5, 5.41) is 5.36. The van der Waals surface area contributed by atoms with Gasteiger partial charge in [-0.15, -0.1) is 0 Å². The highest BCUT2D eigenvalue weighted by Crippen LogP contribution is 1.84. The molecule has 4 amide bonds. The maximum atomic E-state index is 11.5. The molecule has 0 aromatic rings. The van der Waals surface area contributed by atoms with Crippen molar-refractivity contribution in [3.8, 4) is 0 Å². The molecule has 0 spiro atoms. The van der Waals surface area contributed by atoms with E-state index in [1.807, 2.05) is 0 Å². The van der Waals surface area contributed by atoms with Gasteiger partial charge in [-0.25, -0.2) is 9.59 Å². The zero-order chi connectivity index (χ0) is 13.3. The zero-order valence-corrected chi connectivity index (χ0v) is 10.9. The molecule has 7 nitrogen and oxygen atoms in total. The minimum atomic E-state index is -0.179. The molecule has 0 aliphatic heterocycles. The Morgan fingerprint density at radius 1 is 1.06 bits per heavy atom. The smallest absolute Gasteiger partial charge is 0.317 e. The second-order valence-electron chi connectivity index (χ2n) is 3.77. The second-order valence-corrected chi connectivity index (χ2v) is 3.77. The van der Waals surface area contributed by atoms with Crippen LogP contribution in [-0.2, 0) is 4.74 Å². The van der Waals surface area contributed by atoms with Gasteiger partial charge in [0.05, 0.1) is 6.61 Å². The van der Waals surface area contributed by atoms with Crippen LogP contribution < -0.4 is 10.6 Å². The number of nitrogens with one attached hydrogen (secondary N) is 2. The van der Waals surface area contributed by atoms with Crippen molar-refractivity contribution in [1.29, 1.82) is 0 Å². The van der Waals surface area contributed by atoms with Crippen LogP contribution >= 0.6 is 0 Å². The van der Waals surface area contributed by atoms with Crippen molar-refractivity contribution in [3.05, 3.63) is 0 Å². The Bertz CT molecular complexity index is 246. The molecule has 0 aliphatic carbocycles. The lowest BCUT2D eigenvalue weighted by Crippen LogP contribution is -2.44. The van der Waals surface area contributed by atoms with Crippen LogP contribution in [0.3, 0.4) is 0 Å². The number of hydrogen-bond donors (Lipinski definition) is 2. The average molecular weight is 246 g/mol. The second kappa shape index (κ2) is 8.63. The number of rotatable bonds is 6. The standard InChI is InChI=1S/C10H22N4O3/c1-13(2)9(15)11-5-7-14(3)10(16)12-6-8-17-4/h5-8H2,1-4H3,(H,11,15)(H,12,16). The van der Waals surface area contributed by atoms with E-state index in [0.29, 0.717) is 26.2 Å². The molecule has 0 saturated heterocycles. The number of urea groups is 2. The van der Waals surface area contributed by atoms with Crippen LogP contribution in [0.5, 0.6) is 0 Å². The molecule has 0 atom stereocenters. The molecule has 0 aromatic carbocycles. The third-order valence-corrected chi connectivity index (χ3v) is 2.06. The van der Waals surface area contributed by atoms with Crippen LogP contribution in [0.15, 0.2) is 0 Å². The van der Waals surface area contributed by atoms with Gasteiger partial charge in [0.1, 0.15) is 0 Å². The number of likely N-dealkylation sites (N-methyl/N-ethyl adjacent to an activating group) is 1. The summed E-state index contributed by atoms with van der Waals surface area (Å²) < 4.78 is 4.82.